The van der Waals surface area contributed by atoms with E-state index in [9.17, 15) is 9.59 Å². The van der Waals surface area contributed by atoms with Crippen molar-refractivity contribution in [2.75, 3.05) is 6.54 Å². The summed E-state index contributed by atoms with van der Waals surface area (Å²) in [5.74, 6) is -0.793. The fourth-order valence-corrected chi connectivity index (χ4v) is 0.775. The second-order valence-electron chi connectivity index (χ2n) is 4.01. The first kappa shape index (κ1) is 14.1. The van der Waals surface area contributed by atoms with Crippen molar-refractivity contribution in [1.82, 2.24) is 5.32 Å². The standard InChI is InChI=1S/C8H15N5O3/c1-8(2,3)16-7(15)12-5(6(9)14)4-11-13-10/h5H,4H2,1-3H3,(H2,9,14)(H,12,15)/t5-/m0/s1. The Bertz CT molecular complexity index is 316. The fourth-order valence-electron chi connectivity index (χ4n) is 0.775. The van der Waals surface area contributed by atoms with Gasteiger partial charge >= 0.3 is 6.09 Å². The number of carbonyl (C=O) groups excluding carboxylic acids is 2. The van der Waals surface area contributed by atoms with Crippen LogP contribution in [0.5, 0.6) is 0 Å². The Labute approximate surface area is 92.8 Å². The van der Waals surface area contributed by atoms with Crippen LogP contribution in [0.4, 0.5) is 4.79 Å². The molecule has 0 fully saturated rings. The number of nitrogens with one attached hydrogen (secondary N) is 1. The summed E-state index contributed by atoms with van der Waals surface area (Å²) in [6, 6.07) is -1.06. The van der Waals surface area contributed by atoms with Gasteiger partial charge in [-0.15, -0.1) is 0 Å². The number of hydrogen-bond acceptors (Lipinski definition) is 4. The molecule has 2 amide bonds. The van der Waals surface area contributed by atoms with E-state index in [2.05, 4.69) is 15.3 Å². The van der Waals surface area contributed by atoms with Crippen LogP contribution >= 0.6 is 0 Å². The largest absolute Gasteiger partial charge is 0.444 e. The average Bonchev–Trinajstić information content (AvgIpc) is 2.08. The molecule has 0 spiro atoms. The van der Waals surface area contributed by atoms with Crippen molar-refractivity contribution in [3.63, 3.8) is 0 Å². The van der Waals surface area contributed by atoms with Gasteiger partial charge in [-0.1, -0.05) is 5.11 Å². The van der Waals surface area contributed by atoms with E-state index < -0.39 is 23.6 Å². The van der Waals surface area contributed by atoms with Gasteiger partial charge < -0.3 is 15.8 Å². The fraction of sp³-hybridized carbons (Fsp3) is 0.750. The summed E-state index contributed by atoms with van der Waals surface area (Å²) in [5.41, 5.74) is 12.4. The highest BCUT2D eigenvalue weighted by atomic mass is 16.6. The number of primary amides is 1. The maximum Gasteiger partial charge on any atom is 0.408 e. The summed E-state index contributed by atoms with van der Waals surface area (Å²) < 4.78 is 4.91. The first-order valence-corrected chi connectivity index (χ1v) is 4.56. The predicted octanol–water partition coefficient (Wildman–Crippen LogP) is 0.675. The Balaban J connectivity index is 4.35. The molecule has 0 heterocycles. The molecule has 8 nitrogen and oxygen atoms in total. The van der Waals surface area contributed by atoms with E-state index in [1.165, 1.54) is 0 Å². The summed E-state index contributed by atoms with van der Waals surface area (Å²) in [6.07, 6.45) is -0.788. The van der Waals surface area contributed by atoms with Crippen molar-refractivity contribution >= 4 is 12.0 Å². The van der Waals surface area contributed by atoms with Gasteiger partial charge in [0, 0.05) is 4.91 Å². The molecule has 0 aliphatic rings. The zero-order valence-electron chi connectivity index (χ0n) is 9.43. The number of hydrogen-bond donors (Lipinski definition) is 2. The lowest BCUT2D eigenvalue weighted by Crippen LogP contribution is -2.48. The van der Waals surface area contributed by atoms with Gasteiger partial charge in [0.05, 0.1) is 6.54 Å². The number of ether oxygens (including phenoxy) is 1. The molecular formula is C8H15N5O3. The van der Waals surface area contributed by atoms with Crippen molar-refractivity contribution in [2.24, 2.45) is 10.8 Å². The zero-order chi connectivity index (χ0) is 12.8. The Kier molecular flexibility index (Phi) is 5.11. The van der Waals surface area contributed by atoms with Crippen LogP contribution in [-0.4, -0.2) is 30.2 Å². The molecule has 0 aliphatic heterocycles. The van der Waals surface area contributed by atoms with E-state index in [0.717, 1.165) is 0 Å². The maximum atomic E-state index is 11.3. The number of nitrogens with zero attached hydrogens (tertiary/aromatic N) is 3. The monoisotopic (exact) mass is 229 g/mol. The van der Waals surface area contributed by atoms with Crippen LogP contribution < -0.4 is 11.1 Å². The third kappa shape index (κ3) is 6.50. The highest BCUT2D eigenvalue weighted by Crippen LogP contribution is 2.06. The van der Waals surface area contributed by atoms with Gasteiger partial charge in [-0.25, -0.2) is 4.79 Å². The van der Waals surface area contributed by atoms with E-state index in [1.807, 2.05) is 0 Å². The lowest BCUT2D eigenvalue weighted by molar-refractivity contribution is -0.119. The van der Waals surface area contributed by atoms with Crippen molar-refractivity contribution < 1.29 is 14.3 Å². The van der Waals surface area contributed by atoms with E-state index >= 15 is 0 Å². The minimum absolute atomic E-state index is 0.245. The lowest BCUT2D eigenvalue weighted by atomic mass is 10.2. The Morgan fingerprint density at radius 3 is 2.50 bits per heavy atom. The molecule has 0 rings (SSSR count). The molecule has 3 N–H and O–H groups in total. The summed E-state index contributed by atoms with van der Waals surface area (Å²) in [7, 11) is 0. The number of amides is 2. The molecule has 16 heavy (non-hydrogen) atoms. The minimum Gasteiger partial charge on any atom is -0.444 e. The molecule has 0 aromatic rings. The maximum absolute atomic E-state index is 11.3. The van der Waals surface area contributed by atoms with Crippen LogP contribution in [0.1, 0.15) is 20.8 Å². The van der Waals surface area contributed by atoms with Gasteiger partial charge in [0.2, 0.25) is 5.91 Å². The molecular weight excluding hydrogens is 214 g/mol. The van der Waals surface area contributed by atoms with Crippen molar-refractivity contribution in [1.29, 1.82) is 0 Å². The summed E-state index contributed by atoms with van der Waals surface area (Å²) in [4.78, 5) is 24.6. The average molecular weight is 229 g/mol. The number of nitrogens with two attached hydrogens (primary N) is 1. The molecule has 0 aliphatic carbocycles. The molecule has 0 aromatic heterocycles. The first-order valence-electron chi connectivity index (χ1n) is 4.56. The molecule has 0 saturated heterocycles. The van der Waals surface area contributed by atoms with Gasteiger partial charge in [-0.2, -0.15) is 0 Å². The van der Waals surface area contributed by atoms with Crippen molar-refractivity contribution in [3.05, 3.63) is 10.4 Å². The minimum atomic E-state index is -1.06. The van der Waals surface area contributed by atoms with Crippen LogP contribution in [0.3, 0.4) is 0 Å². The molecule has 8 heteroatoms. The third-order valence-electron chi connectivity index (χ3n) is 1.36. The van der Waals surface area contributed by atoms with Gasteiger partial charge in [-0.05, 0) is 26.3 Å². The van der Waals surface area contributed by atoms with E-state index in [-0.39, 0.29) is 6.54 Å². The van der Waals surface area contributed by atoms with Crippen LogP contribution in [0.25, 0.3) is 10.4 Å². The predicted molar refractivity (Wildman–Crippen MR) is 56.4 cm³/mol. The second kappa shape index (κ2) is 5.82. The zero-order valence-corrected chi connectivity index (χ0v) is 9.43. The summed E-state index contributed by atoms with van der Waals surface area (Å²) >= 11 is 0. The van der Waals surface area contributed by atoms with Gasteiger partial charge in [0.1, 0.15) is 11.6 Å². The quantitative estimate of drug-likeness (QED) is 0.417. The molecule has 0 saturated carbocycles. The normalized spacial score (nSPS) is 12.2. The Hall–Kier alpha value is -1.95. The van der Waals surface area contributed by atoms with Gasteiger partial charge in [-0.3, -0.25) is 4.79 Å². The SMILES string of the molecule is CC(C)(C)OC(=O)N[C@@H](CN=[N+]=[N-])C(N)=O. The molecule has 90 valence electrons. The number of azide groups is 1. The van der Waals surface area contributed by atoms with Crippen LogP contribution in [0.2, 0.25) is 0 Å². The number of carbonyl (C=O) groups is 2. The van der Waals surface area contributed by atoms with Crippen LogP contribution in [0.15, 0.2) is 5.11 Å². The van der Waals surface area contributed by atoms with E-state index in [4.69, 9.17) is 16.0 Å². The van der Waals surface area contributed by atoms with Gasteiger partial charge in [0.15, 0.2) is 0 Å². The highest BCUT2D eigenvalue weighted by molar-refractivity contribution is 5.84. The molecule has 1 atom stereocenters. The van der Waals surface area contributed by atoms with E-state index in [1.54, 1.807) is 20.8 Å². The number of rotatable bonds is 4. The molecule has 0 aromatic carbocycles. The van der Waals surface area contributed by atoms with E-state index in [0.29, 0.717) is 0 Å². The second-order valence-corrected chi connectivity index (χ2v) is 4.01. The highest BCUT2D eigenvalue weighted by Gasteiger charge is 2.21. The first-order chi connectivity index (χ1) is 7.26. The lowest BCUT2D eigenvalue weighted by Gasteiger charge is -2.21. The third-order valence-corrected chi connectivity index (χ3v) is 1.36. The Morgan fingerprint density at radius 2 is 2.12 bits per heavy atom. The number of alkyl carbamates (subject to hydrolysis) is 1. The Morgan fingerprint density at radius 1 is 1.56 bits per heavy atom. The summed E-state index contributed by atoms with van der Waals surface area (Å²) in [6.45, 7) is 4.79. The molecule has 0 unspecified atom stereocenters. The summed E-state index contributed by atoms with van der Waals surface area (Å²) in [5, 5.41) is 5.36. The smallest absolute Gasteiger partial charge is 0.408 e. The van der Waals surface area contributed by atoms with Gasteiger partial charge in [0.25, 0.3) is 0 Å². The van der Waals surface area contributed by atoms with Crippen molar-refractivity contribution in [3.8, 4) is 0 Å². The van der Waals surface area contributed by atoms with Crippen molar-refractivity contribution in [2.45, 2.75) is 32.4 Å². The topological polar surface area (TPSA) is 130 Å². The molecule has 0 bridgehead atoms. The van der Waals surface area contributed by atoms with Crippen LogP contribution in [0, 0.1) is 0 Å². The molecule has 0 radical (unpaired) electrons. The van der Waals surface area contributed by atoms with Crippen LogP contribution in [-0.2, 0) is 9.53 Å².